The number of hydrogen-bond donors (Lipinski definition) is 1. The Balaban J connectivity index is 1.95. The fourth-order valence-electron chi connectivity index (χ4n) is 2.37. The van der Waals surface area contributed by atoms with Gasteiger partial charge in [0.15, 0.2) is 0 Å². The number of amides is 1. The van der Waals surface area contributed by atoms with E-state index in [0.29, 0.717) is 18.0 Å². The van der Waals surface area contributed by atoms with Crippen LogP contribution in [0, 0.1) is 11.7 Å². The Morgan fingerprint density at radius 1 is 1.44 bits per heavy atom. The predicted molar refractivity (Wildman–Crippen MR) is 66.5 cm³/mol. The summed E-state index contributed by atoms with van der Waals surface area (Å²) >= 11 is 0. The Bertz CT molecular complexity index is 416. The normalized spacial score (nSPS) is 16.9. The quantitative estimate of drug-likeness (QED) is 0.884. The highest BCUT2D eigenvalue weighted by Gasteiger charge is 2.23. The second-order valence-corrected chi connectivity index (χ2v) is 4.70. The third-order valence-electron chi connectivity index (χ3n) is 3.43. The maximum absolute atomic E-state index is 13.0. The van der Waals surface area contributed by atoms with Crippen molar-refractivity contribution in [3.63, 3.8) is 0 Å². The highest BCUT2D eigenvalue weighted by Crippen LogP contribution is 2.21. The van der Waals surface area contributed by atoms with Gasteiger partial charge in [-0.1, -0.05) is 0 Å². The van der Waals surface area contributed by atoms with Crippen molar-refractivity contribution in [3.8, 4) is 0 Å². The first-order chi connectivity index (χ1) is 8.70. The first-order valence-corrected chi connectivity index (χ1v) is 6.30. The molecule has 0 saturated carbocycles. The number of carbonyl (C=O) groups excluding carboxylic acids is 1. The van der Waals surface area contributed by atoms with E-state index in [2.05, 4.69) is 4.98 Å². The van der Waals surface area contributed by atoms with E-state index in [1.807, 2.05) is 0 Å². The van der Waals surface area contributed by atoms with E-state index < -0.39 is 5.82 Å². The number of piperidine rings is 1. The molecular weight excluding hydrogens is 233 g/mol. The Kier molecular flexibility index (Phi) is 4.25. The molecule has 98 valence electrons. The molecule has 1 aromatic heterocycles. The van der Waals surface area contributed by atoms with Crippen LogP contribution in [0.5, 0.6) is 0 Å². The molecule has 0 aliphatic carbocycles. The van der Waals surface area contributed by atoms with Crippen molar-refractivity contribution in [2.24, 2.45) is 11.7 Å². The number of pyridine rings is 1. The van der Waals surface area contributed by atoms with Gasteiger partial charge in [-0.3, -0.25) is 9.78 Å². The fraction of sp³-hybridized carbons (Fsp3) is 0.538. The average Bonchev–Trinajstić information content (AvgIpc) is 2.39. The highest BCUT2D eigenvalue weighted by molar-refractivity contribution is 5.93. The number of nitrogens with two attached hydrogens (primary N) is 1. The molecule has 2 N–H and O–H groups in total. The topological polar surface area (TPSA) is 59.2 Å². The molecule has 4 nitrogen and oxygen atoms in total. The standard InChI is InChI=1S/C13H18FN3O/c14-12-7-11(8-16-9-12)13(18)17-5-2-10(1-4-15)3-6-17/h7-10H,1-6,15H2. The van der Waals surface area contributed by atoms with Crippen LogP contribution in [0.25, 0.3) is 0 Å². The summed E-state index contributed by atoms with van der Waals surface area (Å²) in [6.45, 7) is 2.15. The van der Waals surface area contributed by atoms with Gasteiger partial charge in [0.1, 0.15) is 5.82 Å². The summed E-state index contributed by atoms with van der Waals surface area (Å²) in [5, 5.41) is 0. The molecule has 0 bridgehead atoms. The molecule has 2 heterocycles. The molecule has 1 aliphatic rings. The summed E-state index contributed by atoms with van der Waals surface area (Å²) in [5.41, 5.74) is 5.86. The molecule has 0 atom stereocenters. The number of carbonyl (C=O) groups is 1. The number of hydrogen-bond acceptors (Lipinski definition) is 3. The van der Waals surface area contributed by atoms with Crippen LogP contribution in [0.15, 0.2) is 18.5 Å². The van der Waals surface area contributed by atoms with Crippen LogP contribution in [0.4, 0.5) is 4.39 Å². The highest BCUT2D eigenvalue weighted by atomic mass is 19.1. The van der Waals surface area contributed by atoms with Crippen LogP contribution in [-0.2, 0) is 0 Å². The van der Waals surface area contributed by atoms with E-state index in [9.17, 15) is 9.18 Å². The summed E-state index contributed by atoms with van der Waals surface area (Å²) < 4.78 is 13.0. The monoisotopic (exact) mass is 251 g/mol. The van der Waals surface area contributed by atoms with Gasteiger partial charge in [0.25, 0.3) is 5.91 Å². The molecule has 1 aromatic rings. The van der Waals surface area contributed by atoms with Crippen LogP contribution < -0.4 is 5.73 Å². The lowest BCUT2D eigenvalue weighted by Crippen LogP contribution is -2.38. The van der Waals surface area contributed by atoms with Crippen LogP contribution in [0.1, 0.15) is 29.6 Å². The Morgan fingerprint density at radius 2 is 2.17 bits per heavy atom. The first kappa shape index (κ1) is 13.0. The van der Waals surface area contributed by atoms with E-state index in [1.165, 1.54) is 12.3 Å². The molecule has 2 rings (SSSR count). The summed E-state index contributed by atoms with van der Waals surface area (Å²) in [6.07, 6.45) is 5.49. The maximum Gasteiger partial charge on any atom is 0.255 e. The second kappa shape index (κ2) is 5.91. The lowest BCUT2D eigenvalue weighted by atomic mass is 9.93. The summed E-state index contributed by atoms with van der Waals surface area (Å²) in [7, 11) is 0. The molecular formula is C13H18FN3O. The van der Waals surface area contributed by atoms with E-state index in [-0.39, 0.29) is 5.91 Å². The fourth-order valence-corrected chi connectivity index (χ4v) is 2.37. The molecule has 1 aliphatic heterocycles. The molecule has 1 saturated heterocycles. The summed E-state index contributed by atoms with van der Waals surface area (Å²) in [4.78, 5) is 17.6. The van der Waals surface area contributed by atoms with Crippen molar-refractivity contribution in [1.29, 1.82) is 0 Å². The molecule has 1 fully saturated rings. The van der Waals surface area contributed by atoms with Crippen LogP contribution in [-0.4, -0.2) is 35.4 Å². The van der Waals surface area contributed by atoms with Gasteiger partial charge in [0.05, 0.1) is 11.8 Å². The maximum atomic E-state index is 13.0. The van der Waals surface area contributed by atoms with Gasteiger partial charge in [0, 0.05) is 19.3 Å². The average molecular weight is 251 g/mol. The third kappa shape index (κ3) is 3.04. The molecule has 5 heteroatoms. The minimum atomic E-state index is -0.473. The van der Waals surface area contributed by atoms with Crippen LogP contribution >= 0.6 is 0 Å². The number of halogens is 1. The largest absolute Gasteiger partial charge is 0.339 e. The van der Waals surface area contributed by atoms with Gasteiger partial charge < -0.3 is 10.6 Å². The van der Waals surface area contributed by atoms with Crippen LogP contribution in [0.3, 0.4) is 0 Å². The minimum Gasteiger partial charge on any atom is -0.339 e. The Hall–Kier alpha value is -1.49. The first-order valence-electron chi connectivity index (χ1n) is 6.30. The number of nitrogens with zero attached hydrogens (tertiary/aromatic N) is 2. The molecule has 0 aromatic carbocycles. The van der Waals surface area contributed by atoms with Crippen molar-refractivity contribution in [2.75, 3.05) is 19.6 Å². The van der Waals surface area contributed by atoms with Gasteiger partial charge in [-0.05, 0) is 37.8 Å². The van der Waals surface area contributed by atoms with Gasteiger partial charge in [0.2, 0.25) is 0 Å². The van der Waals surface area contributed by atoms with Gasteiger partial charge in [-0.25, -0.2) is 4.39 Å². The van der Waals surface area contributed by atoms with E-state index >= 15 is 0 Å². The van der Waals surface area contributed by atoms with Gasteiger partial charge in [-0.2, -0.15) is 0 Å². The third-order valence-corrected chi connectivity index (χ3v) is 3.43. The lowest BCUT2D eigenvalue weighted by molar-refractivity contribution is 0.0687. The SMILES string of the molecule is NCCC1CCN(C(=O)c2cncc(F)c2)CC1. The van der Waals surface area contributed by atoms with Gasteiger partial charge >= 0.3 is 0 Å². The second-order valence-electron chi connectivity index (χ2n) is 4.70. The zero-order valence-corrected chi connectivity index (χ0v) is 10.3. The number of aromatic nitrogens is 1. The summed E-state index contributed by atoms with van der Waals surface area (Å²) in [6, 6.07) is 1.24. The predicted octanol–water partition coefficient (Wildman–Crippen LogP) is 1.42. The molecule has 18 heavy (non-hydrogen) atoms. The minimum absolute atomic E-state index is 0.131. The zero-order chi connectivity index (χ0) is 13.0. The Labute approximate surface area is 106 Å². The van der Waals surface area contributed by atoms with Crippen molar-refractivity contribution >= 4 is 5.91 Å². The van der Waals surface area contributed by atoms with Crippen molar-refractivity contribution in [3.05, 3.63) is 29.8 Å². The molecule has 0 spiro atoms. The van der Waals surface area contributed by atoms with E-state index in [4.69, 9.17) is 5.73 Å². The number of rotatable bonds is 3. The molecule has 0 radical (unpaired) electrons. The van der Waals surface area contributed by atoms with Crippen molar-refractivity contribution < 1.29 is 9.18 Å². The summed E-state index contributed by atoms with van der Waals surface area (Å²) in [5.74, 6) is 0.0109. The molecule has 1 amide bonds. The van der Waals surface area contributed by atoms with Crippen molar-refractivity contribution in [2.45, 2.75) is 19.3 Å². The van der Waals surface area contributed by atoms with E-state index in [0.717, 1.165) is 38.5 Å². The smallest absolute Gasteiger partial charge is 0.255 e. The Morgan fingerprint density at radius 3 is 2.78 bits per heavy atom. The number of likely N-dealkylation sites (tertiary alicyclic amines) is 1. The van der Waals surface area contributed by atoms with Crippen LogP contribution in [0.2, 0.25) is 0 Å². The lowest BCUT2D eigenvalue weighted by Gasteiger charge is -2.31. The molecule has 0 unspecified atom stereocenters. The zero-order valence-electron chi connectivity index (χ0n) is 10.3. The van der Waals surface area contributed by atoms with Gasteiger partial charge in [-0.15, -0.1) is 0 Å². The van der Waals surface area contributed by atoms with Crippen molar-refractivity contribution in [1.82, 2.24) is 9.88 Å². The van der Waals surface area contributed by atoms with E-state index in [1.54, 1.807) is 4.90 Å².